The number of para-hydroxylation sites is 3. The van der Waals surface area contributed by atoms with E-state index in [0.717, 1.165) is 17.1 Å². The molecular weight excluding hydrogens is 661 g/mol. The van der Waals surface area contributed by atoms with Crippen molar-refractivity contribution in [1.29, 1.82) is 0 Å². The van der Waals surface area contributed by atoms with E-state index >= 15 is 0 Å². The Morgan fingerprint density at radius 2 is 0.868 bits per heavy atom. The Bertz CT molecular complexity index is 2850. The number of thiophene rings is 1. The molecule has 0 bridgehead atoms. The fraction of sp³-hybridized carbons (Fsp3) is 0. The van der Waals surface area contributed by atoms with Gasteiger partial charge in [-0.25, -0.2) is 0 Å². The number of rotatable bonds is 7. The van der Waals surface area contributed by atoms with Gasteiger partial charge in [0.25, 0.3) is 0 Å². The van der Waals surface area contributed by atoms with Crippen molar-refractivity contribution in [2.24, 2.45) is 0 Å². The van der Waals surface area contributed by atoms with E-state index in [1.165, 1.54) is 70.3 Å². The Morgan fingerprint density at radius 1 is 0.358 bits per heavy atom. The van der Waals surface area contributed by atoms with Gasteiger partial charge in [0, 0.05) is 38.2 Å². The van der Waals surface area contributed by atoms with Gasteiger partial charge in [0.15, 0.2) is 0 Å². The lowest BCUT2D eigenvalue weighted by Crippen LogP contribution is -2.09. The summed E-state index contributed by atoms with van der Waals surface area (Å²) in [7, 11) is 0. The van der Waals surface area contributed by atoms with Crippen molar-refractivity contribution in [3.63, 3.8) is 0 Å². The number of aromatic nitrogens is 1. The quantitative estimate of drug-likeness (QED) is 0.161. The lowest BCUT2D eigenvalue weighted by Gasteiger charge is -2.26. The maximum absolute atomic E-state index is 2.43. The standard InChI is InChI=1S/C50H34N2S/c1-4-14-35(15-5-1)36-26-28-37(29-27-36)38-30-32-42(33-31-38)51(40-17-6-2-7-18-40)43-21-12-16-39(34-43)44-23-13-24-46-48-50(53-49(44)46)45-22-10-11-25-47(45)52(48)41-19-8-3-9-20-41/h1-34H. The number of hydrogen-bond acceptors (Lipinski definition) is 2. The second-order valence-electron chi connectivity index (χ2n) is 13.4. The fourth-order valence-electron chi connectivity index (χ4n) is 7.69. The highest BCUT2D eigenvalue weighted by molar-refractivity contribution is 7.27. The Balaban J connectivity index is 1.06. The molecule has 2 nitrogen and oxygen atoms in total. The predicted molar refractivity (Wildman–Crippen MR) is 227 cm³/mol. The van der Waals surface area contributed by atoms with Crippen LogP contribution in [-0.2, 0) is 0 Å². The van der Waals surface area contributed by atoms with Crippen LogP contribution in [0.3, 0.4) is 0 Å². The highest BCUT2D eigenvalue weighted by atomic mass is 32.1. The Hall–Kier alpha value is -6.68. The summed E-state index contributed by atoms with van der Waals surface area (Å²) in [6.45, 7) is 0. The van der Waals surface area contributed by atoms with E-state index in [1.807, 2.05) is 11.3 Å². The number of nitrogens with zero attached hydrogens (tertiary/aromatic N) is 2. The van der Waals surface area contributed by atoms with E-state index in [9.17, 15) is 0 Å². The molecule has 0 N–H and O–H groups in total. The average Bonchev–Trinajstić information content (AvgIpc) is 3.77. The zero-order chi connectivity index (χ0) is 35.1. The Morgan fingerprint density at radius 3 is 1.58 bits per heavy atom. The van der Waals surface area contributed by atoms with Crippen LogP contribution in [0, 0.1) is 0 Å². The van der Waals surface area contributed by atoms with E-state index in [4.69, 9.17) is 0 Å². The van der Waals surface area contributed by atoms with Gasteiger partial charge in [0.05, 0.1) is 15.7 Å². The lowest BCUT2D eigenvalue weighted by atomic mass is 10.00. The summed E-state index contributed by atoms with van der Waals surface area (Å²) in [6.07, 6.45) is 0. The summed E-state index contributed by atoms with van der Waals surface area (Å²) in [5, 5.41) is 2.57. The van der Waals surface area contributed by atoms with Crippen LogP contribution in [0.15, 0.2) is 206 Å². The minimum Gasteiger partial charge on any atom is -0.310 e. The molecule has 53 heavy (non-hydrogen) atoms. The minimum atomic E-state index is 1.11. The normalized spacial score (nSPS) is 11.4. The van der Waals surface area contributed by atoms with Gasteiger partial charge < -0.3 is 9.47 Å². The summed E-state index contributed by atoms with van der Waals surface area (Å²) in [6, 6.07) is 74.3. The minimum absolute atomic E-state index is 1.11. The van der Waals surface area contributed by atoms with Gasteiger partial charge >= 0.3 is 0 Å². The first kappa shape index (κ1) is 31.1. The van der Waals surface area contributed by atoms with Gasteiger partial charge in [0.2, 0.25) is 0 Å². The van der Waals surface area contributed by atoms with Crippen LogP contribution in [0.1, 0.15) is 0 Å². The van der Waals surface area contributed by atoms with Gasteiger partial charge in [-0.1, -0.05) is 152 Å². The third-order valence-corrected chi connectivity index (χ3v) is 11.5. The molecule has 10 aromatic rings. The van der Waals surface area contributed by atoms with Crippen LogP contribution in [-0.4, -0.2) is 4.57 Å². The molecule has 10 rings (SSSR count). The summed E-state index contributed by atoms with van der Waals surface area (Å²) >= 11 is 1.90. The van der Waals surface area contributed by atoms with Gasteiger partial charge in [-0.05, 0) is 88.0 Å². The first-order valence-corrected chi connectivity index (χ1v) is 18.8. The van der Waals surface area contributed by atoms with Crippen LogP contribution < -0.4 is 4.90 Å². The molecule has 0 amide bonds. The molecule has 2 aromatic heterocycles. The van der Waals surface area contributed by atoms with Crippen LogP contribution >= 0.6 is 11.3 Å². The summed E-state index contributed by atoms with van der Waals surface area (Å²) in [5.41, 5.74) is 14.3. The SMILES string of the molecule is c1ccc(-c2ccc(-c3ccc(N(c4ccccc4)c4cccc(-c5cccc6c5sc5c7ccccc7n(-c7ccccc7)c65)c4)cc3)cc2)cc1. The molecule has 0 atom stereocenters. The molecule has 2 heterocycles. The van der Waals surface area contributed by atoms with Crippen LogP contribution in [0.25, 0.3) is 70.3 Å². The molecule has 0 fully saturated rings. The zero-order valence-electron chi connectivity index (χ0n) is 28.9. The van der Waals surface area contributed by atoms with Crippen molar-refractivity contribution in [2.75, 3.05) is 4.90 Å². The van der Waals surface area contributed by atoms with E-state index in [1.54, 1.807) is 0 Å². The number of anilines is 3. The second kappa shape index (κ2) is 13.1. The highest BCUT2D eigenvalue weighted by Crippen LogP contribution is 2.46. The summed E-state index contributed by atoms with van der Waals surface area (Å²) in [5.74, 6) is 0. The number of benzene rings is 8. The largest absolute Gasteiger partial charge is 0.310 e. The third kappa shape index (κ3) is 5.50. The molecule has 0 aliphatic heterocycles. The Labute approximate surface area is 313 Å². The Kier molecular flexibility index (Phi) is 7.71. The monoisotopic (exact) mass is 694 g/mol. The second-order valence-corrected chi connectivity index (χ2v) is 14.4. The predicted octanol–water partition coefficient (Wildman–Crippen LogP) is 14.5. The zero-order valence-corrected chi connectivity index (χ0v) is 29.7. The molecule has 0 aliphatic rings. The third-order valence-electron chi connectivity index (χ3n) is 10.2. The summed E-state index contributed by atoms with van der Waals surface area (Å²) in [4.78, 5) is 2.35. The molecule has 0 saturated carbocycles. The van der Waals surface area contributed by atoms with E-state index in [2.05, 4.69) is 216 Å². The molecule has 0 saturated heterocycles. The smallest absolute Gasteiger partial charge is 0.0727 e. The van der Waals surface area contributed by atoms with Crippen LogP contribution in [0.2, 0.25) is 0 Å². The van der Waals surface area contributed by atoms with Gasteiger partial charge in [-0.3, -0.25) is 0 Å². The van der Waals surface area contributed by atoms with E-state index < -0.39 is 0 Å². The fourth-order valence-corrected chi connectivity index (χ4v) is 9.04. The van der Waals surface area contributed by atoms with E-state index in [0.29, 0.717) is 0 Å². The first-order valence-electron chi connectivity index (χ1n) is 18.0. The van der Waals surface area contributed by atoms with Crippen molar-refractivity contribution in [1.82, 2.24) is 4.57 Å². The van der Waals surface area contributed by atoms with Crippen molar-refractivity contribution >= 4 is 59.6 Å². The van der Waals surface area contributed by atoms with Crippen molar-refractivity contribution < 1.29 is 0 Å². The van der Waals surface area contributed by atoms with Crippen LogP contribution in [0.5, 0.6) is 0 Å². The van der Waals surface area contributed by atoms with Crippen molar-refractivity contribution in [2.45, 2.75) is 0 Å². The maximum Gasteiger partial charge on any atom is 0.0727 e. The molecule has 0 unspecified atom stereocenters. The first-order chi connectivity index (χ1) is 26.3. The van der Waals surface area contributed by atoms with Gasteiger partial charge in [-0.15, -0.1) is 11.3 Å². The van der Waals surface area contributed by atoms with E-state index in [-0.39, 0.29) is 0 Å². The molecule has 0 aliphatic carbocycles. The van der Waals surface area contributed by atoms with Crippen molar-refractivity contribution in [3.05, 3.63) is 206 Å². The average molecular weight is 695 g/mol. The topological polar surface area (TPSA) is 8.17 Å². The molecule has 0 radical (unpaired) electrons. The van der Waals surface area contributed by atoms with Gasteiger partial charge in [-0.2, -0.15) is 0 Å². The number of hydrogen-bond donors (Lipinski definition) is 0. The maximum atomic E-state index is 2.43. The lowest BCUT2D eigenvalue weighted by molar-refractivity contribution is 1.19. The molecular formula is C50H34N2S. The number of fused-ring (bicyclic) bond motifs is 5. The van der Waals surface area contributed by atoms with Gasteiger partial charge in [0.1, 0.15) is 0 Å². The molecule has 8 aromatic carbocycles. The molecule has 250 valence electrons. The molecule has 0 spiro atoms. The summed E-state index contributed by atoms with van der Waals surface area (Å²) < 4.78 is 5.06. The highest BCUT2D eigenvalue weighted by Gasteiger charge is 2.20. The van der Waals surface area contributed by atoms with Crippen LogP contribution in [0.4, 0.5) is 17.1 Å². The van der Waals surface area contributed by atoms with Crippen molar-refractivity contribution in [3.8, 4) is 39.1 Å². The molecule has 3 heteroatoms.